The summed E-state index contributed by atoms with van der Waals surface area (Å²) in [5.74, 6) is 9.21. The fraction of sp³-hybridized carbons (Fsp3) is 1.00. The van der Waals surface area contributed by atoms with Crippen molar-refractivity contribution in [2.24, 2.45) is 47.3 Å². The van der Waals surface area contributed by atoms with Crippen LogP contribution in [0, 0.1) is 47.3 Å². The molecule has 15 heavy (non-hydrogen) atoms. The summed E-state index contributed by atoms with van der Waals surface area (Å²) < 4.78 is 0. The molecule has 5 atom stereocenters. The Balaban J connectivity index is 1.69. The van der Waals surface area contributed by atoms with Crippen LogP contribution in [0.2, 0.25) is 5.82 Å². The molecule has 1 heteroatoms. The Bertz CT molecular complexity index is 301. The van der Waals surface area contributed by atoms with Crippen molar-refractivity contribution in [3.63, 3.8) is 0 Å². The smallest absolute Gasteiger partial charge is 0.0707 e. The molecule has 0 aromatic heterocycles. The minimum Gasteiger partial charge on any atom is -0.0713 e. The van der Waals surface area contributed by atoms with Gasteiger partial charge in [-0.2, -0.15) is 0 Å². The molecular weight excluding hydrogens is 179 g/mol. The maximum Gasteiger partial charge on any atom is 0.0707 e. The minimum atomic E-state index is 0.604. The lowest BCUT2D eigenvalue weighted by molar-refractivity contribution is -0.202. The molecule has 5 unspecified atom stereocenters. The second-order valence-electron chi connectivity index (χ2n) is 7.28. The fourth-order valence-corrected chi connectivity index (χ4v) is 6.99. The highest BCUT2D eigenvalue weighted by Gasteiger charge is 2.65. The quantitative estimate of drug-likeness (QED) is 0.525. The number of hydrogen-bond acceptors (Lipinski definition) is 0. The number of hydrogen-bond donors (Lipinski definition) is 0. The standard InChI is InChI=1S/C14H19B/c15-14-7-4-9-8-1-6-2-11(9)13(14)12(3-6)10(8)5-7/h6-14H,1-5H2. The highest BCUT2D eigenvalue weighted by molar-refractivity contribution is 6.12. The van der Waals surface area contributed by atoms with Crippen LogP contribution in [0.4, 0.5) is 0 Å². The molecule has 0 aromatic rings. The predicted molar refractivity (Wildman–Crippen MR) is 60.5 cm³/mol. The zero-order valence-electron chi connectivity index (χ0n) is 9.31. The van der Waals surface area contributed by atoms with Gasteiger partial charge in [-0.15, -0.1) is 0 Å². The highest BCUT2D eigenvalue weighted by Crippen LogP contribution is 2.73. The van der Waals surface area contributed by atoms with E-state index in [2.05, 4.69) is 0 Å². The first kappa shape index (κ1) is 8.20. The van der Waals surface area contributed by atoms with Gasteiger partial charge >= 0.3 is 0 Å². The molecule has 7 rings (SSSR count). The van der Waals surface area contributed by atoms with Crippen molar-refractivity contribution in [1.29, 1.82) is 0 Å². The van der Waals surface area contributed by atoms with Gasteiger partial charge in [0.05, 0.1) is 7.85 Å². The lowest BCUT2D eigenvalue weighted by Crippen LogP contribution is -2.64. The van der Waals surface area contributed by atoms with Gasteiger partial charge in [0, 0.05) is 0 Å². The zero-order valence-corrected chi connectivity index (χ0v) is 9.31. The van der Waals surface area contributed by atoms with Gasteiger partial charge in [0.1, 0.15) is 0 Å². The highest BCUT2D eigenvalue weighted by atomic mass is 14.7. The second kappa shape index (κ2) is 2.34. The molecule has 0 aromatic carbocycles. The third kappa shape index (κ3) is 0.755. The van der Waals surface area contributed by atoms with Crippen molar-refractivity contribution in [3.05, 3.63) is 0 Å². The molecule has 0 nitrogen and oxygen atoms in total. The Morgan fingerprint density at radius 2 is 1.20 bits per heavy atom. The van der Waals surface area contributed by atoms with Crippen molar-refractivity contribution in [2.75, 3.05) is 0 Å². The molecule has 8 bridgehead atoms. The van der Waals surface area contributed by atoms with Gasteiger partial charge < -0.3 is 0 Å². The first-order valence-corrected chi connectivity index (χ1v) is 7.08. The zero-order chi connectivity index (χ0) is 9.73. The van der Waals surface area contributed by atoms with Crippen molar-refractivity contribution in [2.45, 2.75) is 37.9 Å². The van der Waals surface area contributed by atoms with E-state index < -0.39 is 0 Å². The molecule has 7 aliphatic carbocycles. The summed E-state index contributed by atoms with van der Waals surface area (Å²) in [6.45, 7) is 0. The summed E-state index contributed by atoms with van der Waals surface area (Å²) in [7, 11) is 6.52. The van der Waals surface area contributed by atoms with Crippen LogP contribution < -0.4 is 0 Å². The lowest BCUT2D eigenvalue weighted by atomic mass is 9.31. The molecule has 0 heterocycles. The maximum atomic E-state index is 6.52. The van der Waals surface area contributed by atoms with E-state index >= 15 is 0 Å². The fourth-order valence-electron chi connectivity index (χ4n) is 6.99. The third-order valence-electron chi connectivity index (χ3n) is 7.14. The van der Waals surface area contributed by atoms with Crippen molar-refractivity contribution in [1.82, 2.24) is 0 Å². The monoisotopic (exact) mass is 198 g/mol. The van der Waals surface area contributed by atoms with Crippen LogP contribution in [0.25, 0.3) is 0 Å². The molecule has 7 saturated carbocycles. The van der Waals surface area contributed by atoms with E-state index in [0.29, 0.717) is 5.82 Å². The van der Waals surface area contributed by atoms with Gasteiger partial charge in [0.25, 0.3) is 0 Å². The van der Waals surface area contributed by atoms with E-state index in [1.165, 1.54) is 12.8 Å². The molecule has 7 aliphatic rings. The largest absolute Gasteiger partial charge is 0.0713 e. The summed E-state index contributed by atoms with van der Waals surface area (Å²) in [6.07, 6.45) is 7.77. The van der Waals surface area contributed by atoms with Gasteiger partial charge in [-0.1, -0.05) is 5.82 Å². The molecule has 78 valence electrons. The van der Waals surface area contributed by atoms with Gasteiger partial charge in [-0.05, 0) is 79.4 Å². The van der Waals surface area contributed by atoms with Crippen LogP contribution in [0.1, 0.15) is 32.1 Å². The minimum absolute atomic E-state index is 0.604. The van der Waals surface area contributed by atoms with Crippen molar-refractivity contribution in [3.8, 4) is 0 Å². The van der Waals surface area contributed by atoms with Gasteiger partial charge in [-0.3, -0.25) is 0 Å². The normalized spacial score (nSPS) is 72.9. The lowest BCUT2D eigenvalue weighted by Gasteiger charge is -2.71. The number of rotatable bonds is 0. The molecule has 0 saturated heterocycles. The molecular formula is C14H19B. The van der Waals surface area contributed by atoms with Crippen molar-refractivity contribution >= 4 is 7.85 Å². The SMILES string of the molecule is [B]C1C2CC3C4CC5CC3C1C(C5)C4C2. The van der Waals surface area contributed by atoms with E-state index in [1.807, 2.05) is 0 Å². The maximum absolute atomic E-state index is 6.52. The summed E-state index contributed by atoms with van der Waals surface area (Å²) in [6, 6.07) is 0. The third-order valence-corrected chi connectivity index (χ3v) is 7.14. The van der Waals surface area contributed by atoms with Gasteiger partial charge in [-0.25, -0.2) is 0 Å². The van der Waals surface area contributed by atoms with Crippen LogP contribution in [-0.2, 0) is 0 Å². The molecule has 2 radical (unpaired) electrons. The first-order valence-electron chi connectivity index (χ1n) is 7.08. The average Bonchev–Trinajstić information content (AvgIpc) is 2.26. The van der Waals surface area contributed by atoms with Crippen LogP contribution in [0.5, 0.6) is 0 Å². The summed E-state index contributed by atoms with van der Waals surface area (Å²) in [5.41, 5.74) is 0. The van der Waals surface area contributed by atoms with E-state index in [-0.39, 0.29) is 0 Å². The molecule has 7 fully saturated rings. The summed E-state index contributed by atoms with van der Waals surface area (Å²) >= 11 is 0. The second-order valence-corrected chi connectivity index (χ2v) is 7.28. The summed E-state index contributed by atoms with van der Waals surface area (Å²) in [4.78, 5) is 0. The molecule has 0 N–H and O–H groups in total. The Morgan fingerprint density at radius 3 is 1.87 bits per heavy atom. The van der Waals surface area contributed by atoms with Crippen LogP contribution in [-0.4, -0.2) is 7.85 Å². The summed E-state index contributed by atoms with van der Waals surface area (Å²) in [5, 5.41) is 0. The van der Waals surface area contributed by atoms with Crippen LogP contribution >= 0.6 is 0 Å². The van der Waals surface area contributed by atoms with Gasteiger partial charge in [0.15, 0.2) is 0 Å². The average molecular weight is 198 g/mol. The van der Waals surface area contributed by atoms with E-state index in [9.17, 15) is 0 Å². The van der Waals surface area contributed by atoms with Gasteiger partial charge in [0.2, 0.25) is 0 Å². The Morgan fingerprint density at radius 1 is 0.667 bits per heavy atom. The first-order chi connectivity index (χ1) is 7.33. The molecule has 0 spiro atoms. The van der Waals surface area contributed by atoms with E-state index in [4.69, 9.17) is 7.85 Å². The van der Waals surface area contributed by atoms with Crippen molar-refractivity contribution < 1.29 is 0 Å². The molecule has 0 amide bonds. The van der Waals surface area contributed by atoms with E-state index in [0.717, 1.165) is 47.3 Å². The Hall–Kier alpha value is 0.0649. The topological polar surface area (TPSA) is 0 Å². The van der Waals surface area contributed by atoms with Crippen LogP contribution in [0.15, 0.2) is 0 Å². The van der Waals surface area contributed by atoms with Crippen LogP contribution in [0.3, 0.4) is 0 Å². The molecule has 0 aliphatic heterocycles. The van der Waals surface area contributed by atoms with E-state index in [1.54, 1.807) is 19.3 Å². The Labute approximate surface area is 93.6 Å². The Kier molecular flexibility index (Phi) is 1.28. The predicted octanol–water partition coefficient (Wildman–Crippen LogP) is 2.89.